The minimum atomic E-state index is -0.147. The van der Waals surface area contributed by atoms with E-state index in [1.807, 2.05) is 47.4 Å². The van der Waals surface area contributed by atoms with Crippen LogP contribution in [0.1, 0.15) is 23.6 Å². The van der Waals surface area contributed by atoms with Crippen LogP contribution in [-0.2, 0) is 11.2 Å². The number of nitrogens with zero attached hydrogens (tertiary/aromatic N) is 2. The Morgan fingerprint density at radius 2 is 1.96 bits per heavy atom. The normalized spacial score (nSPS) is 15.6. The van der Waals surface area contributed by atoms with Crippen LogP contribution in [0.25, 0.3) is 0 Å². The van der Waals surface area contributed by atoms with Crippen LogP contribution in [0, 0.1) is 0 Å². The lowest BCUT2D eigenvalue weighted by atomic mass is 9.91. The predicted octanol–water partition coefficient (Wildman–Crippen LogP) is 2.24. The van der Waals surface area contributed by atoms with Gasteiger partial charge < -0.3 is 15.0 Å². The summed E-state index contributed by atoms with van der Waals surface area (Å²) >= 11 is 0. The summed E-state index contributed by atoms with van der Waals surface area (Å²) in [5, 5.41) is 3.30. The van der Waals surface area contributed by atoms with Crippen molar-refractivity contribution in [3.05, 3.63) is 59.9 Å². The van der Waals surface area contributed by atoms with Gasteiger partial charge in [0.15, 0.2) is 0 Å². The second-order valence-electron chi connectivity index (χ2n) is 6.23. The molecule has 1 unspecified atom stereocenters. The summed E-state index contributed by atoms with van der Waals surface area (Å²) in [7, 11) is 1.65. The van der Waals surface area contributed by atoms with E-state index in [0.717, 1.165) is 49.6 Å². The van der Waals surface area contributed by atoms with Crippen molar-refractivity contribution in [2.45, 2.75) is 18.8 Å². The van der Waals surface area contributed by atoms with E-state index < -0.39 is 0 Å². The molecule has 1 amide bonds. The zero-order chi connectivity index (χ0) is 17.5. The molecule has 0 radical (unpaired) electrons. The van der Waals surface area contributed by atoms with Crippen LogP contribution < -0.4 is 10.1 Å². The van der Waals surface area contributed by atoms with E-state index in [2.05, 4.69) is 10.3 Å². The van der Waals surface area contributed by atoms with E-state index in [1.54, 1.807) is 13.3 Å². The molecule has 5 nitrogen and oxygen atoms in total. The molecule has 3 rings (SSSR count). The molecule has 1 N–H and O–H groups in total. The molecule has 1 aliphatic heterocycles. The van der Waals surface area contributed by atoms with Gasteiger partial charge in [-0.15, -0.1) is 0 Å². The zero-order valence-electron chi connectivity index (χ0n) is 14.6. The number of amides is 1. The molecule has 1 saturated heterocycles. The van der Waals surface area contributed by atoms with Gasteiger partial charge in [0.05, 0.1) is 18.7 Å². The lowest BCUT2D eigenvalue weighted by Gasteiger charge is -2.31. The smallest absolute Gasteiger partial charge is 0.230 e. The summed E-state index contributed by atoms with van der Waals surface area (Å²) in [6.07, 6.45) is 3.20. The number of piperazine rings is 1. The molecule has 0 bridgehead atoms. The van der Waals surface area contributed by atoms with Gasteiger partial charge in [-0.2, -0.15) is 0 Å². The Morgan fingerprint density at radius 1 is 1.20 bits per heavy atom. The summed E-state index contributed by atoms with van der Waals surface area (Å²) in [6, 6.07) is 13.8. The fourth-order valence-corrected chi connectivity index (χ4v) is 3.30. The summed E-state index contributed by atoms with van der Waals surface area (Å²) in [5.74, 6) is 0.845. The Hall–Kier alpha value is -2.40. The van der Waals surface area contributed by atoms with Crippen molar-refractivity contribution in [2.75, 3.05) is 33.3 Å². The van der Waals surface area contributed by atoms with Crippen LogP contribution in [-0.4, -0.2) is 49.1 Å². The summed E-state index contributed by atoms with van der Waals surface area (Å²) in [5.41, 5.74) is 1.97. The number of pyridine rings is 1. The van der Waals surface area contributed by atoms with Gasteiger partial charge in [0.1, 0.15) is 5.75 Å². The molecule has 1 aromatic heterocycles. The Balaban J connectivity index is 1.78. The van der Waals surface area contributed by atoms with Gasteiger partial charge in [0.25, 0.3) is 0 Å². The molecule has 0 saturated carbocycles. The second kappa shape index (κ2) is 8.62. The van der Waals surface area contributed by atoms with Crippen molar-refractivity contribution in [1.82, 2.24) is 15.2 Å². The summed E-state index contributed by atoms with van der Waals surface area (Å²) < 4.78 is 5.39. The van der Waals surface area contributed by atoms with E-state index in [1.165, 1.54) is 0 Å². The fourth-order valence-electron chi connectivity index (χ4n) is 3.30. The lowest BCUT2D eigenvalue weighted by Crippen LogP contribution is -2.48. The first-order valence-corrected chi connectivity index (χ1v) is 8.82. The third-order valence-corrected chi connectivity index (χ3v) is 4.67. The van der Waals surface area contributed by atoms with Crippen molar-refractivity contribution >= 4 is 5.91 Å². The van der Waals surface area contributed by atoms with E-state index in [9.17, 15) is 4.79 Å². The number of benzene rings is 1. The van der Waals surface area contributed by atoms with E-state index >= 15 is 0 Å². The molecule has 1 fully saturated rings. The average Bonchev–Trinajstić information content (AvgIpc) is 2.70. The molecule has 1 aliphatic rings. The maximum Gasteiger partial charge on any atom is 0.230 e. The molecule has 1 atom stereocenters. The molecule has 2 heterocycles. The monoisotopic (exact) mass is 339 g/mol. The first-order valence-electron chi connectivity index (χ1n) is 8.82. The fraction of sp³-hybridized carbons (Fsp3) is 0.400. The standard InChI is InChI=1S/C20H25N3O2/c1-25-19-8-5-11-22-18(19)10-9-17(16-6-3-2-4-7-16)20(24)23-14-12-21-13-15-23/h2-8,11,17,21H,9-10,12-15H2,1H3. The largest absolute Gasteiger partial charge is 0.495 e. The van der Waals surface area contributed by atoms with Crippen LogP contribution in [0.2, 0.25) is 0 Å². The number of hydrogen-bond donors (Lipinski definition) is 1. The maximum absolute atomic E-state index is 13.1. The highest BCUT2D eigenvalue weighted by molar-refractivity contribution is 5.84. The second-order valence-corrected chi connectivity index (χ2v) is 6.23. The van der Waals surface area contributed by atoms with Gasteiger partial charge in [0, 0.05) is 32.4 Å². The van der Waals surface area contributed by atoms with Crippen LogP contribution in [0.15, 0.2) is 48.7 Å². The van der Waals surface area contributed by atoms with Crippen molar-refractivity contribution < 1.29 is 9.53 Å². The van der Waals surface area contributed by atoms with Crippen molar-refractivity contribution in [2.24, 2.45) is 0 Å². The highest BCUT2D eigenvalue weighted by Gasteiger charge is 2.27. The number of nitrogens with one attached hydrogen (secondary N) is 1. The summed E-state index contributed by atoms with van der Waals surface area (Å²) in [6.45, 7) is 3.27. The van der Waals surface area contributed by atoms with Gasteiger partial charge in [-0.1, -0.05) is 30.3 Å². The van der Waals surface area contributed by atoms with Crippen molar-refractivity contribution in [1.29, 1.82) is 0 Å². The maximum atomic E-state index is 13.1. The Bertz CT molecular complexity index is 684. The SMILES string of the molecule is COc1cccnc1CCC(C(=O)N1CCNCC1)c1ccccc1. The van der Waals surface area contributed by atoms with Crippen molar-refractivity contribution in [3.63, 3.8) is 0 Å². The number of rotatable bonds is 6. The van der Waals surface area contributed by atoms with Gasteiger partial charge >= 0.3 is 0 Å². The number of ether oxygens (including phenoxy) is 1. The molecule has 0 aliphatic carbocycles. The molecule has 5 heteroatoms. The first kappa shape index (κ1) is 17.4. The van der Waals surface area contributed by atoms with Gasteiger partial charge in [-0.25, -0.2) is 0 Å². The molecule has 25 heavy (non-hydrogen) atoms. The lowest BCUT2D eigenvalue weighted by molar-refractivity contribution is -0.133. The minimum Gasteiger partial charge on any atom is -0.495 e. The van der Waals surface area contributed by atoms with E-state index in [-0.39, 0.29) is 11.8 Å². The Morgan fingerprint density at radius 3 is 2.68 bits per heavy atom. The number of carbonyl (C=O) groups is 1. The first-order chi connectivity index (χ1) is 12.3. The quantitative estimate of drug-likeness (QED) is 0.877. The average molecular weight is 339 g/mol. The van der Waals surface area contributed by atoms with Gasteiger partial charge in [-0.05, 0) is 30.5 Å². The zero-order valence-corrected chi connectivity index (χ0v) is 14.6. The number of hydrogen-bond acceptors (Lipinski definition) is 4. The van der Waals surface area contributed by atoms with Crippen molar-refractivity contribution in [3.8, 4) is 5.75 Å². The topological polar surface area (TPSA) is 54.5 Å². The Labute approximate surface area is 149 Å². The van der Waals surface area contributed by atoms with Gasteiger partial charge in [0.2, 0.25) is 5.91 Å². The molecule has 1 aromatic carbocycles. The van der Waals surface area contributed by atoms with Crippen LogP contribution >= 0.6 is 0 Å². The Kier molecular flexibility index (Phi) is 6.01. The van der Waals surface area contributed by atoms with Gasteiger partial charge in [-0.3, -0.25) is 9.78 Å². The predicted molar refractivity (Wildman–Crippen MR) is 97.7 cm³/mol. The third-order valence-electron chi connectivity index (χ3n) is 4.67. The molecule has 0 spiro atoms. The number of aromatic nitrogens is 1. The van der Waals surface area contributed by atoms with E-state index in [4.69, 9.17) is 4.74 Å². The van der Waals surface area contributed by atoms with Crippen LogP contribution in [0.4, 0.5) is 0 Å². The third kappa shape index (κ3) is 4.37. The number of carbonyl (C=O) groups excluding carboxylic acids is 1. The molecular formula is C20H25N3O2. The minimum absolute atomic E-state index is 0.147. The van der Waals surface area contributed by atoms with Crippen LogP contribution in [0.5, 0.6) is 5.75 Å². The molecule has 132 valence electrons. The molecular weight excluding hydrogens is 314 g/mol. The highest BCUT2D eigenvalue weighted by atomic mass is 16.5. The molecule has 2 aromatic rings. The summed E-state index contributed by atoms with van der Waals surface area (Å²) in [4.78, 5) is 19.5. The number of methoxy groups -OCH3 is 1. The highest BCUT2D eigenvalue weighted by Crippen LogP contribution is 2.26. The van der Waals surface area contributed by atoms with Crippen LogP contribution in [0.3, 0.4) is 0 Å². The number of aryl methyl sites for hydroxylation is 1. The van der Waals surface area contributed by atoms with E-state index in [0.29, 0.717) is 6.42 Å².